The molecule has 0 aliphatic heterocycles. The number of hydrogen-bond acceptors (Lipinski definition) is 4. The van der Waals surface area contributed by atoms with E-state index < -0.39 is 40.0 Å². The summed E-state index contributed by atoms with van der Waals surface area (Å²) in [5.74, 6) is -1.66. The van der Waals surface area contributed by atoms with Gasteiger partial charge in [-0.25, -0.2) is 0 Å². The lowest BCUT2D eigenvalue weighted by molar-refractivity contribution is -0.389. The fourth-order valence-electron chi connectivity index (χ4n) is 1.09. The van der Waals surface area contributed by atoms with Crippen LogP contribution in [0, 0.1) is 10.1 Å². The summed E-state index contributed by atoms with van der Waals surface area (Å²) in [5, 5.41) is 10.4. The number of aromatic amines is 1. The molecule has 1 heterocycles. The topological polar surface area (TPSA) is 85.2 Å². The van der Waals surface area contributed by atoms with Gasteiger partial charge in [-0.2, -0.15) is 13.2 Å². The van der Waals surface area contributed by atoms with E-state index in [1.807, 2.05) is 0 Å². The van der Waals surface area contributed by atoms with Gasteiger partial charge < -0.3 is 9.72 Å². The molecule has 0 saturated heterocycles. The van der Waals surface area contributed by atoms with Crippen molar-refractivity contribution in [3.05, 3.63) is 32.2 Å². The fourth-order valence-corrected chi connectivity index (χ4v) is 1.09. The SMILES string of the molecule is O=c1c(OC(F)(F)F)c[nH]c(C(F)(F)F)c1[N+](=O)[O-]. The van der Waals surface area contributed by atoms with Crippen LogP contribution in [0.2, 0.25) is 0 Å². The van der Waals surface area contributed by atoms with E-state index in [0.29, 0.717) is 0 Å². The van der Waals surface area contributed by atoms with Crippen LogP contribution < -0.4 is 10.2 Å². The Morgan fingerprint density at radius 2 is 1.74 bits per heavy atom. The first-order valence-corrected chi connectivity index (χ1v) is 4.16. The van der Waals surface area contributed by atoms with Crippen molar-refractivity contribution in [3.63, 3.8) is 0 Å². The maximum Gasteiger partial charge on any atom is 0.573 e. The number of aromatic nitrogens is 1. The lowest BCUT2D eigenvalue weighted by Gasteiger charge is -2.10. The van der Waals surface area contributed by atoms with Crippen molar-refractivity contribution in [2.45, 2.75) is 12.5 Å². The first kappa shape index (κ1) is 14.8. The van der Waals surface area contributed by atoms with Gasteiger partial charge in [-0.3, -0.25) is 14.9 Å². The van der Waals surface area contributed by atoms with Crippen LogP contribution in [-0.4, -0.2) is 16.3 Å². The summed E-state index contributed by atoms with van der Waals surface area (Å²) >= 11 is 0. The fraction of sp³-hybridized carbons (Fsp3) is 0.286. The summed E-state index contributed by atoms with van der Waals surface area (Å²) in [6, 6.07) is 0. The van der Waals surface area contributed by atoms with Crippen LogP contribution in [0.25, 0.3) is 0 Å². The minimum absolute atomic E-state index is 0.0500. The highest BCUT2D eigenvalue weighted by Gasteiger charge is 2.43. The number of rotatable bonds is 2. The molecule has 12 heteroatoms. The third-order valence-corrected chi connectivity index (χ3v) is 1.72. The lowest BCUT2D eigenvalue weighted by atomic mass is 10.2. The molecule has 1 N–H and O–H groups in total. The van der Waals surface area contributed by atoms with Gasteiger partial charge in [0.2, 0.25) is 5.69 Å². The largest absolute Gasteiger partial charge is 0.573 e. The molecule has 0 atom stereocenters. The van der Waals surface area contributed by atoms with Gasteiger partial charge in [0, 0.05) is 6.20 Å². The van der Waals surface area contributed by atoms with Crippen molar-refractivity contribution < 1.29 is 36.0 Å². The predicted octanol–water partition coefficient (Wildman–Crippen LogP) is 2.20. The third-order valence-electron chi connectivity index (χ3n) is 1.72. The van der Waals surface area contributed by atoms with Gasteiger partial charge in [-0.05, 0) is 0 Å². The molecule has 0 aromatic carbocycles. The molecule has 0 spiro atoms. The number of ether oxygens (including phenoxy) is 1. The predicted molar refractivity (Wildman–Crippen MR) is 45.4 cm³/mol. The number of nitro groups is 1. The zero-order chi connectivity index (χ0) is 15.0. The smallest absolute Gasteiger partial charge is 0.400 e. The Balaban J connectivity index is 3.50. The molecule has 0 unspecified atom stereocenters. The lowest BCUT2D eigenvalue weighted by Crippen LogP contribution is -2.25. The van der Waals surface area contributed by atoms with E-state index in [1.54, 1.807) is 0 Å². The molecule has 0 aliphatic carbocycles. The van der Waals surface area contributed by atoms with Crippen molar-refractivity contribution >= 4 is 5.69 Å². The van der Waals surface area contributed by atoms with Gasteiger partial charge in [-0.15, -0.1) is 13.2 Å². The molecule has 0 radical (unpaired) electrons. The summed E-state index contributed by atoms with van der Waals surface area (Å²) in [6.07, 6.45) is -10.7. The van der Waals surface area contributed by atoms with Crippen molar-refractivity contribution in [1.82, 2.24) is 4.98 Å². The molecule has 6 nitrogen and oxygen atoms in total. The highest BCUT2D eigenvalue weighted by atomic mass is 19.4. The number of alkyl halides is 6. The van der Waals surface area contributed by atoms with Crippen LogP contribution in [0.5, 0.6) is 5.75 Å². The van der Waals surface area contributed by atoms with Crippen LogP contribution in [0.1, 0.15) is 5.69 Å². The Morgan fingerprint density at radius 1 is 1.21 bits per heavy atom. The van der Waals surface area contributed by atoms with E-state index >= 15 is 0 Å². The van der Waals surface area contributed by atoms with Gasteiger partial charge in [0.25, 0.3) is 0 Å². The number of hydrogen-bond donors (Lipinski definition) is 1. The Bertz CT molecular complexity index is 560. The van der Waals surface area contributed by atoms with E-state index in [4.69, 9.17) is 0 Å². The second-order valence-corrected chi connectivity index (χ2v) is 3.01. The maximum atomic E-state index is 12.3. The first-order valence-electron chi connectivity index (χ1n) is 4.16. The highest BCUT2D eigenvalue weighted by Crippen LogP contribution is 2.33. The molecule has 0 amide bonds. The Morgan fingerprint density at radius 3 is 2.11 bits per heavy atom. The molecular weight excluding hydrogens is 290 g/mol. The quantitative estimate of drug-likeness (QED) is 0.514. The van der Waals surface area contributed by atoms with E-state index in [-0.39, 0.29) is 6.20 Å². The molecular formula is C7H2F6N2O4. The Labute approximate surface area is 98.3 Å². The Hall–Kier alpha value is -2.27. The number of pyridine rings is 1. The number of nitrogens with one attached hydrogen (secondary N) is 1. The molecule has 0 fully saturated rings. The van der Waals surface area contributed by atoms with Gasteiger partial charge in [-0.1, -0.05) is 0 Å². The first-order chi connectivity index (χ1) is 8.43. The number of nitrogens with zero attached hydrogens (tertiary/aromatic N) is 1. The monoisotopic (exact) mass is 292 g/mol. The standard InChI is InChI=1S/C7H2F6N2O4/c8-6(9,10)5-3(15(17)18)4(16)2(1-14-5)19-7(11,12)13/h1H,(H,14,16). The van der Waals surface area contributed by atoms with E-state index in [0.717, 1.165) is 0 Å². The second-order valence-electron chi connectivity index (χ2n) is 3.01. The van der Waals surface area contributed by atoms with E-state index in [1.165, 1.54) is 4.98 Å². The van der Waals surface area contributed by atoms with Crippen LogP contribution in [0.3, 0.4) is 0 Å². The zero-order valence-electron chi connectivity index (χ0n) is 8.43. The number of H-pyrrole nitrogens is 1. The number of halogens is 6. The van der Waals surface area contributed by atoms with Crippen LogP contribution in [0.15, 0.2) is 11.0 Å². The molecule has 106 valence electrons. The van der Waals surface area contributed by atoms with E-state index in [9.17, 15) is 41.3 Å². The third kappa shape index (κ3) is 3.35. The molecule has 1 aromatic rings. The van der Waals surface area contributed by atoms with Gasteiger partial charge >= 0.3 is 23.7 Å². The minimum Gasteiger partial charge on any atom is -0.400 e. The average molecular weight is 292 g/mol. The normalized spacial score (nSPS) is 12.3. The van der Waals surface area contributed by atoms with Crippen LogP contribution in [-0.2, 0) is 6.18 Å². The van der Waals surface area contributed by atoms with Crippen molar-refractivity contribution in [1.29, 1.82) is 0 Å². The van der Waals surface area contributed by atoms with Crippen LogP contribution in [0.4, 0.5) is 32.0 Å². The molecule has 0 aliphatic rings. The van der Waals surface area contributed by atoms with E-state index in [2.05, 4.69) is 4.74 Å². The van der Waals surface area contributed by atoms with Crippen molar-refractivity contribution in [3.8, 4) is 5.75 Å². The summed E-state index contributed by atoms with van der Waals surface area (Å²) < 4.78 is 75.5. The summed E-state index contributed by atoms with van der Waals surface area (Å²) in [6.45, 7) is 0. The van der Waals surface area contributed by atoms with Crippen LogP contribution >= 0.6 is 0 Å². The van der Waals surface area contributed by atoms with Gasteiger partial charge in [0.1, 0.15) is 0 Å². The zero-order valence-corrected chi connectivity index (χ0v) is 8.43. The molecule has 0 saturated carbocycles. The summed E-state index contributed by atoms with van der Waals surface area (Å²) in [7, 11) is 0. The Kier molecular flexibility index (Phi) is 3.45. The average Bonchev–Trinajstić information content (AvgIpc) is 2.16. The minimum atomic E-state index is -5.37. The maximum absolute atomic E-state index is 12.3. The molecule has 19 heavy (non-hydrogen) atoms. The van der Waals surface area contributed by atoms with Crippen molar-refractivity contribution in [2.24, 2.45) is 0 Å². The van der Waals surface area contributed by atoms with Gasteiger partial charge in [0.15, 0.2) is 5.75 Å². The molecule has 0 bridgehead atoms. The summed E-state index contributed by atoms with van der Waals surface area (Å²) in [5.41, 5.74) is -6.28. The second kappa shape index (κ2) is 4.44. The highest BCUT2D eigenvalue weighted by molar-refractivity contribution is 5.42. The summed E-state index contributed by atoms with van der Waals surface area (Å²) in [4.78, 5) is 21.0. The van der Waals surface area contributed by atoms with Gasteiger partial charge in [0.05, 0.1) is 4.92 Å². The molecule has 1 rings (SSSR count). The molecule has 1 aromatic heterocycles. The van der Waals surface area contributed by atoms with Crippen molar-refractivity contribution in [2.75, 3.05) is 0 Å².